The van der Waals surface area contributed by atoms with Gasteiger partial charge in [0.25, 0.3) is 5.88 Å². The van der Waals surface area contributed by atoms with Crippen LogP contribution < -0.4 is 14.2 Å². The molecule has 9 heteroatoms. The van der Waals surface area contributed by atoms with Gasteiger partial charge in [-0.15, -0.1) is 10.2 Å². The van der Waals surface area contributed by atoms with Crippen LogP contribution in [0.4, 0.5) is 10.1 Å². The van der Waals surface area contributed by atoms with Crippen LogP contribution in [0.25, 0.3) is 11.3 Å². The first kappa shape index (κ1) is 24.1. The molecule has 0 aliphatic heterocycles. The Balaban J connectivity index is 0.00000155. The Labute approximate surface area is 190 Å². The number of benzene rings is 2. The number of aromatic nitrogens is 2. The van der Waals surface area contributed by atoms with E-state index in [9.17, 15) is 4.39 Å². The summed E-state index contributed by atoms with van der Waals surface area (Å²) in [4.78, 5) is 0. The van der Waals surface area contributed by atoms with Crippen LogP contribution in [0.5, 0.6) is 11.6 Å². The van der Waals surface area contributed by atoms with Gasteiger partial charge in [0.05, 0.1) is 12.8 Å². The molecule has 160 valence electrons. The zero-order valence-electron chi connectivity index (χ0n) is 17.0. The second-order valence-electron chi connectivity index (χ2n) is 5.67. The normalized spacial score (nSPS) is 10.1. The molecule has 3 rings (SSSR count). The van der Waals surface area contributed by atoms with E-state index in [0.717, 1.165) is 5.56 Å². The molecule has 0 bridgehead atoms. The highest BCUT2D eigenvalue weighted by Gasteiger charge is 2.13. The summed E-state index contributed by atoms with van der Waals surface area (Å²) in [6.07, 6.45) is 1.86. The number of nitrogens with one attached hydrogen (secondary N) is 1. The van der Waals surface area contributed by atoms with Gasteiger partial charge in [-0.3, -0.25) is 0 Å². The first-order valence-corrected chi connectivity index (χ1v) is 11.1. The molecule has 0 atom stereocenters. The molecule has 0 aliphatic carbocycles. The van der Waals surface area contributed by atoms with E-state index in [4.69, 9.17) is 32.7 Å². The fraction of sp³-hybridized carbons (Fsp3) is 0.238. The summed E-state index contributed by atoms with van der Waals surface area (Å²) in [5.74, 6) is 0.362. The maximum atomic E-state index is 14.4. The van der Waals surface area contributed by atoms with Gasteiger partial charge in [-0.2, -0.15) is 0 Å². The standard InChI is InChI=1S/C19H16Cl2FN3O2S.C2H6/c1-26-19-18(25-28-2)9-17(23-24-19)15-8-14(3-4-16(15)22)27-10-11-5-12(20)7-13(21)6-11;1-2/h3-9H,10H2,1-2H3,(H,23,25);1-2H3. The third-order valence-electron chi connectivity index (χ3n) is 3.71. The van der Waals surface area contributed by atoms with E-state index in [1.165, 1.54) is 25.1 Å². The molecule has 1 aromatic heterocycles. The van der Waals surface area contributed by atoms with Crippen molar-refractivity contribution in [3.05, 3.63) is 63.9 Å². The number of methoxy groups -OCH3 is 1. The van der Waals surface area contributed by atoms with Gasteiger partial charge in [0.2, 0.25) is 0 Å². The van der Waals surface area contributed by atoms with Crippen molar-refractivity contribution in [1.82, 2.24) is 10.2 Å². The van der Waals surface area contributed by atoms with Crippen molar-refractivity contribution in [2.45, 2.75) is 20.5 Å². The summed E-state index contributed by atoms with van der Waals surface area (Å²) in [7, 11) is 1.49. The van der Waals surface area contributed by atoms with E-state index >= 15 is 0 Å². The average Bonchev–Trinajstić information content (AvgIpc) is 2.74. The summed E-state index contributed by atoms with van der Waals surface area (Å²) in [6, 6.07) is 11.3. The van der Waals surface area contributed by atoms with Crippen LogP contribution >= 0.6 is 35.1 Å². The number of anilines is 1. The number of hydrogen-bond acceptors (Lipinski definition) is 6. The van der Waals surface area contributed by atoms with E-state index in [1.54, 1.807) is 36.4 Å². The van der Waals surface area contributed by atoms with Crippen LogP contribution in [0.2, 0.25) is 10.0 Å². The van der Waals surface area contributed by atoms with Crippen LogP contribution in [0.15, 0.2) is 42.5 Å². The van der Waals surface area contributed by atoms with Crippen molar-refractivity contribution in [2.75, 3.05) is 18.1 Å². The zero-order valence-corrected chi connectivity index (χ0v) is 19.3. The predicted octanol–water partition coefficient (Wildman–Crippen LogP) is 6.89. The van der Waals surface area contributed by atoms with Gasteiger partial charge >= 0.3 is 0 Å². The molecule has 0 saturated heterocycles. The summed E-state index contributed by atoms with van der Waals surface area (Å²) in [5, 5.41) is 9.09. The van der Waals surface area contributed by atoms with Crippen LogP contribution in [-0.2, 0) is 6.61 Å². The van der Waals surface area contributed by atoms with Gasteiger partial charge in [0.1, 0.15) is 23.9 Å². The molecule has 0 fully saturated rings. The number of ether oxygens (including phenoxy) is 2. The van der Waals surface area contributed by atoms with Crippen LogP contribution in [-0.4, -0.2) is 23.6 Å². The van der Waals surface area contributed by atoms with Gasteiger partial charge in [0.15, 0.2) is 0 Å². The molecular weight excluding hydrogens is 448 g/mol. The Kier molecular flexibility index (Phi) is 9.49. The number of rotatable bonds is 7. The van der Waals surface area contributed by atoms with E-state index in [1.807, 2.05) is 20.1 Å². The molecule has 3 aromatic rings. The Morgan fingerprint density at radius 1 is 1.03 bits per heavy atom. The minimum Gasteiger partial charge on any atom is -0.489 e. The summed E-state index contributed by atoms with van der Waals surface area (Å²) >= 11 is 13.4. The zero-order chi connectivity index (χ0) is 22.1. The van der Waals surface area contributed by atoms with E-state index in [0.29, 0.717) is 33.1 Å². The minimum absolute atomic E-state index is 0.235. The summed E-state index contributed by atoms with van der Waals surface area (Å²) < 4.78 is 28.4. The lowest BCUT2D eigenvalue weighted by atomic mass is 10.1. The van der Waals surface area contributed by atoms with E-state index < -0.39 is 5.82 Å². The quantitative estimate of drug-likeness (QED) is 0.380. The van der Waals surface area contributed by atoms with Crippen LogP contribution in [0, 0.1) is 5.82 Å². The van der Waals surface area contributed by atoms with Gasteiger partial charge in [0, 0.05) is 21.9 Å². The predicted molar refractivity (Wildman–Crippen MR) is 123 cm³/mol. The Morgan fingerprint density at radius 3 is 2.37 bits per heavy atom. The first-order chi connectivity index (χ1) is 14.5. The second-order valence-corrected chi connectivity index (χ2v) is 7.15. The van der Waals surface area contributed by atoms with Crippen molar-refractivity contribution in [3.63, 3.8) is 0 Å². The Morgan fingerprint density at radius 2 is 1.73 bits per heavy atom. The lowest BCUT2D eigenvalue weighted by Crippen LogP contribution is -2.00. The third-order valence-corrected chi connectivity index (χ3v) is 4.57. The van der Waals surface area contributed by atoms with Crippen molar-refractivity contribution in [1.29, 1.82) is 0 Å². The van der Waals surface area contributed by atoms with E-state index in [2.05, 4.69) is 14.9 Å². The first-order valence-electron chi connectivity index (χ1n) is 9.08. The van der Waals surface area contributed by atoms with Gasteiger partial charge in [-0.05, 0) is 48.0 Å². The molecule has 0 unspecified atom stereocenters. The second kappa shape index (κ2) is 11.8. The highest BCUT2D eigenvalue weighted by Crippen LogP contribution is 2.31. The lowest BCUT2D eigenvalue weighted by molar-refractivity contribution is 0.306. The number of halogens is 3. The van der Waals surface area contributed by atoms with E-state index in [-0.39, 0.29) is 12.2 Å². The molecular formula is C21H22Cl2FN3O2S. The maximum Gasteiger partial charge on any atom is 0.257 e. The molecule has 0 saturated carbocycles. The SMILES string of the molecule is CC.COc1nnc(-c2cc(OCc3cc(Cl)cc(Cl)c3)ccc2F)cc1NSC. The van der Waals surface area contributed by atoms with Crippen molar-refractivity contribution in [3.8, 4) is 22.9 Å². The average molecular weight is 470 g/mol. The molecule has 5 nitrogen and oxygen atoms in total. The van der Waals surface area contributed by atoms with Gasteiger partial charge in [-0.1, -0.05) is 49.0 Å². The molecule has 0 spiro atoms. The minimum atomic E-state index is -0.437. The highest BCUT2D eigenvalue weighted by molar-refractivity contribution is 7.99. The molecule has 2 aromatic carbocycles. The van der Waals surface area contributed by atoms with Crippen molar-refractivity contribution < 1.29 is 13.9 Å². The molecule has 0 aliphatic rings. The fourth-order valence-electron chi connectivity index (χ4n) is 2.50. The molecule has 30 heavy (non-hydrogen) atoms. The lowest BCUT2D eigenvalue weighted by Gasteiger charge is -2.11. The number of nitrogens with zero attached hydrogens (tertiary/aromatic N) is 2. The molecule has 1 heterocycles. The topological polar surface area (TPSA) is 56.3 Å². The maximum absolute atomic E-state index is 14.4. The summed E-state index contributed by atoms with van der Waals surface area (Å²) in [6.45, 7) is 4.24. The van der Waals surface area contributed by atoms with Crippen LogP contribution in [0.1, 0.15) is 19.4 Å². The molecule has 0 amide bonds. The van der Waals surface area contributed by atoms with Crippen molar-refractivity contribution in [2.24, 2.45) is 0 Å². The Bertz CT molecular complexity index is 972. The Hall–Kier alpha value is -2.22. The highest BCUT2D eigenvalue weighted by atomic mass is 35.5. The summed E-state index contributed by atoms with van der Waals surface area (Å²) in [5.41, 5.74) is 2.02. The smallest absolute Gasteiger partial charge is 0.257 e. The third kappa shape index (κ3) is 6.39. The fourth-order valence-corrected chi connectivity index (χ4v) is 3.43. The molecule has 1 N–H and O–H groups in total. The van der Waals surface area contributed by atoms with Gasteiger partial charge < -0.3 is 14.2 Å². The van der Waals surface area contributed by atoms with Crippen molar-refractivity contribution >= 4 is 40.8 Å². The van der Waals surface area contributed by atoms with Gasteiger partial charge in [-0.25, -0.2) is 4.39 Å². The monoisotopic (exact) mass is 469 g/mol. The van der Waals surface area contributed by atoms with Crippen LogP contribution in [0.3, 0.4) is 0 Å². The number of hydrogen-bond donors (Lipinski definition) is 1. The molecule has 0 radical (unpaired) electrons. The largest absolute Gasteiger partial charge is 0.489 e.